The predicted octanol–water partition coefficient (Wildman–Crippen LogP) is 1.67. The van der Waals surface area contributed by atoms with E-state index in [1.165, 1.54) is 6.07 Å². The van der Waals surface area contributed by atoms with Crippen LogP contribution in [0.15, 0.2) is 39.8 Å². The number of nitrogens with one attached hydrogen (secondary N) is 1. The minimum Gasteiger partial charge on any atom is -0.423 e. The fourth-order valence-electron chi connectivity index (χ4n) is 1.56. The first-order valence-electron chi connectivity index (χ1n) is 4.20. The summed E-state index contributed by atoms with van der Waals surface area (Å²) in [5.41, 5.74) is 1.99. The summed E-state index contributed by atoms with van der Waals surface area (Å²) < 4.78 is 5.03. The van der Waals surface area contributed by atoms with Gasteiger partial charge in [-0.2, -0.15) is 0 Å². The highest BCUT2D eigenvalue weighted by atomic mass is 16.4. The van der Waals surface area contributed by atoms with E-state index in [0.717, 1.165) is 16.4 Å². The Balaban J connectivity index is 2.63. The van der Waals surface area contributed by atoms with Crippen LogP contribution in [0.4, 0.5) is 0 Å². The normalized spacial score (nSPS) is 11.1. The van der Waals surface area contributed by atoms with Gasteiger partial charge < -0.3 is 9.40 Å². The summed E-state index contributed by atoms with van der Waals surface area (Å²) >= 11 is 0. The number of rotatable bonds is 0. The molecule has 0 bridgehead atoms. The topological polar surface area (TPSA) is 58.9 Å². The summed E-state index contributed by atoms with van der Waals surface area (Å²) in [6.45, 7) is 0. The van der Waals surface area contributed by atoms with E-state index in [0.29, 0.717) is 5.58 Å². The second kappa shape index (κ2) is 2.45. The second-order valence-corrected chi connectivity index (χ2v) is 3.03. The molecule has 4 nitrogen and oxygen atoms in total. The lowest BCUT2D eigenvalue weighted by molar-refractivity contribution is 0.561. The third-order valence-electron chi connectivity index (χ3n) is 2.19. The first-order valence-corrected chi connectivity index (χ1v) is 4.20. The Hall–Kier alpha value is -2.10. The number of aromatic nitrogens is 2. The molecule has 3 rings (SSSR count). The molecular weight excluding hydrogens is 180 g/mol. The van der Waals surface area contributed by atoms with Crippen molar-refractivity contribution < 1.29 is 4.42 Å². The molecule has 0 atom stereocenters. The second-order valence-electron chi connectivity index (χ2n) is 3.03. The van der Waals surface area contributed by atoms with E-state index in [-0.39, 0.29) is 5.63 Å². The Bertz CT molecular complexity index is 666. The summed E-state index contributed by atoms with van der Waals surface area (Å²) in [6.07, 6.45) is 1.62. The van der Waals surface area contributed by atoms with Crippen LogP contribution in [0.1, 0.15) is 0 Å². The summed E-state index contributed by atoms with van der Waals surface area (Å²) in [5, 5.41) is 0.850. The van der Waals surface area contributed by atoms with Gasteiger partial charge in [0.05, 0.1) is 17.4 Å². The van der Waals surface area contributed by atoms with Crippen LogP contribution in [0, 0.1) is 0 Å². The van der Waals surface area contributed by atoms with Gasteiger partial charge in [0, 0.05) is 11.5 Å². The molecule has 0 spiro atoms. The Morgan fingerprint density at radius 1 is 1.21 bits per heavy atom. The largest absolute Gasteiger partial charge is 0.423 e. The highest BCUT2D eigenvalue weighted by molar-refractivity contribution is 6.01. The molecule has 2 aromatic heterocycles. The van der Waals surface area contributed by atoms with Gasteiger partial charge in [-0.05, 0) is 18.2 Å². The van der Waals surface area contributed by atoms with Crippen LogP contribution in [-0.2, 0) is 0 Å². The molecule has 0 amide bonds. The van der Waals surface area contributed by atoms with E-state index in [1.807, 2.05) is 6.07 Å². The number of imidazole rings is 1. The van der Waals surface area contributed by atoms with E-state index in [1.54, 1.807) is 18.5 Å². The van der Waals surface area contributed by atoms with E-state index in [4.69, 9.17) is 4.42 Å². The van der Waals surface area contributed by atoms with Gasteiger partial charge in [0.2, 0.25) is 0 Å². The van der Waals surface area contributed by atoms with Crippen molar-refractivity contribution in [2.45, 2.75) is 0 Å². The zero-order chi connectivity index (χ0) is 9.54. The number of hydrogen-bond donors (Lipinski definition) is 1. The van der Waals surface area contributed by atoms with E-state index >= 15 is 0 Å². The van der Waals surface area contributed by atoms with Gasteiger partial charge in [-0.3, -0.25) is 0 Å². The van der Waals surface area contributed by atoms with Gasteiger partial charge in [0.25, 0.3) is 0 Å². The van der Waals surface area contributed by atoms with Crippen molar-refractivity contribution >= 4 is 22.0 Å². The number of hydrogen-bond acceptors (Lipinski definition) is 3. The van der Waals surface area contributed by atoms with Crippen molar-refractivity contribution in [3.05, 3.63) is 41.0 Å². The zero-order valence-corrected chi connectivity index (χ0v) is 7.15. The molecule has 1 aromatic carbocycles. The van der Waals surface area contributed by atoms with Gasteiger partial charge in [-0.25, -0.2) is 9.78 Å². The van der Waals surface area contributed by atoms with E-state index < -0.39 is 0 Å². The summed E-state index contributed by atoms with van der Waals surface area (Å²) in [7, 11) is 0. The van der Waals surface area contributed by atoms with Gasteiger partial charge >= 0.3 is 5.63 Å². The molecule has 0 aliphatic heterocycles. The predicted molar refractivity (Wildman–Crippen MR) is 52.1 cm³/mol. The van der Waals surface area contributed by atoms with Crippen molar-refractivity contribution in [3.8, 4) is 0 Å². The van der Waals surface area contributed by atoms with Gasteiger partial charge in [-0.15, -0.1) is 0 Å². The fraction of sp³-hybridized carbons (Fsp3) is 0. The van der Waals surface area contributed by atoms with Crippen molar-refractivity contribution in [1.29, 1.82) is 0 Å². The molecule has 4 heteroatoms. The molecule has 0 unspecified atom stereocenters. The minimum absolute atomic E-state index is 0.340. The quantitative estimate of drug-likeness (QED) is 0.543. The first kappa shape index (κ1) is 7.32. The summed E-state index contributed by atoms with van der Waals surface area (Å²) in [4.78, 5) is 18.1. The number of aromatic amines is 1. The Kier molecular flexibility index (Phi) is 1.28. The van der Waals surface area contributed by atoms with E-state index in [9.17, 15) is 4.79 Å². The molecule has 0 radical (unpaired) electrons. The maximum Gasteiger partial charge on any atom is 0.336 e. The monoisotopic (exact) mass is 186 g/mol. The van der Waals surface area contributed by atoms with Crippen molar-refractivity contribution in [3.63, 3.8) is 0 Å². The van der Waals surface area contributed by atoms with Crippen LogP contribution < -0.4 is 5.63 Å². The van der Waals surface area contributed by atoms with Crippen LogP contribution in [-0.4, -0.2) is 9.97 Å². The number of benzene rings is 1. The maximum atomic E-state index is 11.0. The molecule has 0 fully saturated rings. The molecular formula is C10H6N2O2. The van der Waals surface area contributed by atoms with Crippen LogP contribution in [0.2, 0.25) is 0 Å². The SMILES string of the molecule is O=c1ccc2c(ccc3[nH]cnc32)o1. The number of nitrogens with zero attached hydrogens (tertiary/aromatic N) is 1. The van der Waals surface area contributed by atoms with Crippen LogP contribution >= 0.6 is 0 Å². The highest BCUT2D eigenvalue weighted by Crippen LogP contribution is 2.20. The minimum atomic E-state index is -0.340. The first-order chi connectivity index (χ1) is 6.84. The molecule has 1 N–H and O–H groups in total. The van der Waals surface area contributed by atoms with Gasteiger partial charge in [0.1, 0.15) is 5.58 Å². The Morgan fingerprint density at radius 2 is 2.14 bits per heavy atom. The number of fused-ring (bicyclic) bond motifs is 3. The molecule has 0 saturated heterocycles. The molecule has 0 saturated carbocycles. The molecule has 2 heterocycles. The standard InChI is InChI=1S/C10H6N2O2/c13-9-4-1-6-8(14-9)3-2-7-10(6)12-5-11-7/h1-5H,(H,11,12). The molecule has 0 aliphatic rings. The average molecular weight is 186 g/mol. The van der Waals surface area contributed by atoms with Crippen LogP contribution in [0.25, 0.3) is 22.0 Å². The smallest absolute Gasteiger partial charge is 0.336 e. The van der Waals surface area contributed by atoms with Crippen molar-refractivity contribution in [2.24, 2.45) is 0 Å². The van der Waals surface area contributed by atoms with Gasteiger partial charge in [-0.1, -0.05) is 0 Å². The van der Waals surface area contributed by atoms with Gasteiger partial charge in [0.15, 0.2) is 0 Å². The highest BCUT2D eigenvalue weighted by Gasteiger charge is 2.03. The summed E-state index contributed by atoms with van der Waals surface area (Å²) in [5.74, 6) is 0. The molecule has 14 heavy (non-hydrogen) atoms. The lowest BCUT2D eigenvalue weighted by Crippen LogP contribution is -1.94. The molecule has 0 aliphatic carbocycles. The maximum absolute atomic E-state index is 11.0. The van der Waals surface area contributed by atoms with E-state index in [2.05, 4.69) is 9.97 Å². The third-order valence-corrected chi connectivity index (χ3v) is 2.19. The fourth-order valence-corrected chi connectivity index (χ4v) is 1.56. The number of H-pyrrole nitrogens is 1. The van der Waals surface area contributed by atoms with Crippen LogP contribution in [0.5, 0.6) is 0 Å². The Labute approximate surface area is 78.2 Å². The summed E-state index contributed by atoms with van der Waals surface area (Å²) in [6, 6.07) is 6.73. The molecule has 3 aromatic rings. The van der Waals surface area contributed by atoms with Crippen molar-refractivity contribution in [1.82, 2.24) is 9.97 Å². The Morgan fingerprint density at radius 3 is 3.07 bits per heavy atom. The van der Waals surface area contributed by atoms with Crippen LogP contribution in [0.3, 0.4) is 0 Å². The van der Waals surface area contributed by atoms with Crippen molar-refractivity contribution in [2.75, 3.05) is 0 Å². The lowest BCUT2D eigenvalue weighted by Gasteiger charge is -1.95. The zero-order valence-electron chi connectivity index (χ0n) is 7.15. The lowest BCUT2D eigenvalue weighted by atomic mass is 10.2. The average Bonchev–Trinajstić information content (AvgIpc) is 2.65. The third kappa shape index (κ3) is 0.877. The molecule has 68 valence electrons.